The SMILES string of the molecule is CC(C)CC(=O)N1CCC(C(CCc2ccc(N)c(Cl)c2)CC2CCCCC2)C1. The van der Waals surface area contributed by atoms with Crippen molar-refractivity contribution in [2.24, 2.45) is 23.7 Å². The lowest BCUT2D eigenvalue weighted by molar-refractivity contribution is -0.131. The number of anilines is 1. The highest BCUT2D eigenvalue weighted by atomic mass is 35.5. The summed E-state index contributed by atoms with van der Waals surface area (Å²) in [6.45, 7) is 6.18. The molecule has 1 aliphatic heterocycles. The number of nitrogens with two attached hydrogens (primary N) is 1. The van der Waals surface area contributed by atoms with E-state index in [0.717, 1.165) is 25.4 Å². The number of nitrogen functional groups attached to an aromatic ring is 1. The van der Waals surface area contributed by atoms with Crippen LogP contribution in [0.5, 0.6) is 0 Å². The van der Waals surface area contributed by atoms with E-state index in [1.54, 1.807) is 0 Å². The summed E-state index contributed by atoms with van der Waals surface area (Å²) in [6.07, 6.45) is 12.4. The van der Waals surface area contributed by atoms with Gasteiger partial charge in [-0.05, 0) is 67.1 Å². The fourth-order valence-corrected chi connectivity index (χ4v) is 5.56. The van der Waals surface area contributed by atoms with Crippen LogP contribution in [0.25, 0.3) is 0 Å². The lowest BCUT2D eigenvalue weighted by Crippen LogP contribution is -2.31. The molecule has 2 unspecified atom stereocenters. The van der Waals surface area contributed by atoms with Crippen LogP contribution in [0.1, 0.15) is 77.2 Å². The van der Waals surface area contributed by atoms with Gasteiger partial charge in [0.15, 0.2) is 0 Å². The molecular weight excluding hydrogens is 380 g/mol. The second kappa shape index (κ2) is 10.7. The monoisotopic (exact) mass is 418 g/mol. The normalized spacial score (nSPS) is 21.7. The summed E-state index contributed by atoms with van der Waals surface area (Å²) in [4.78, 5) is 14.7. The van der Waals surface area contributed by atoms with Gasteiger partial charge in [0.25, 0.3) is 0 Å². The maximum absolute atomic E-state index is 12.6. The average Bonchev–Trinajstić information content (AvgIpc) is 3.18. The smallest absolute Gasteiger partial charge is 0.222 e. The number of amides is 1. The van der Waals surface area contributed by atoms with Gasteiger partial charge in [-0.1, -0.05) is 63.6 Å². The van der Waals surface area contributed by atoms with Crippen molar-refractivity contribution in [1.29, 1.82) is 0 Å². The molecule has 1 aromatic rings. The molecular formula is C25H39ClN2O. The molecule has 2 N–H and O–H groups in total. The first-order valence-electron chi connectivity index (χ1n) is 11.7. The summed E-state index contributed by atoms with van der Waals surface area (Å²) in [5.41, 5.74) is 7.81. The first-order valence-corrected chi connectivity index (χ1v) is 12.1. The quantitative estimate of drug-likeness (QED) is 0.501. The van der Waals surface area contributed by atoms with E-state index in [9.17, 15) is 4.79 Å². The van der Waals surface area contributed by atoms with E-state index >= 15 is 0 Å². The molecule has 1 aliphatic carbocycles. The fourth-order valence-electron chi connectivity index (χ4n) is 5.35. The zero-order valence-electron chi connectivity index (χ0n) is 18.3. The summed E-state index contributed by atoms with van der Waals surface area (Å²) in [5.74, 6) is 3.02. The number of carbonyl (C=O) groups is 1. The van der Waals surface area contributed by atoms with Crippen molar-refractivity contribution < 1.29 is 4.79 Å². The van der Waals surface area contributed by atoms with Crippen LogP contribution >= 0.6 is 11.6 Å². The van der Waals surface area contributed by atoms with Crippen LogP contribution in [0, 0.1) is 23.7 Å². The van der Waals surface area contributed by atoms with Crippen LogP contribution in [0.4, 0.5) is 5.69 Å². The van der Waals surface area contributed by atoms with Crippen LogP contribution in [0.2, 0.25) is 5.02 Å². The molecule has 1 saturated carbocycles. The maximum Gasteiger partial charge on any atom is 0.222 e. The Labute approximate surface area is 182 Å². The summed E-state index contributed by atoms with van der Waals surface area (Å²) >= 11 is 6.24. The Morgan fingerprint density at radius 3 is 2.66 bits per heavy atom. The molecule has 0 aromatic heterocycles. The van der Waals surface area contributed by atoms with Gasteiger partial charge in [-0.2, -0.15) is 0 Å². The highest BCUT2D eigenvalue weighted by Crippen LogP contribution is 2.37. The Morgan fingerprint density at radius 2 is 1.97 bits per heavy atom. The Hall–Kier alpha value is -1.22. The van der Waals surface area contributed by atoms with Gasteiger partial charge in [-0.3, -0.25) is 4.79 Å². The minimum absolute atomic E-state index is 0.351. The van der Waals surface area contributed by atoms with Crippen molar-refractivity contribution in [2.45, 2.75) is 78.1 Å². The molecule has 4 heteroatoms. The lowest BCUT2D eigenvalue weighted by atomic mass is 9.76. The molecule has 0 bridgehead atoms. The predicted molar refractivity (Wildman–Crippen MR) is 123 cm³/mol. The minimum Gasteiger partial charge on any atom is -0.398 e. The van der Waals surface area contributed by atoms with Crippen molar-refractivity contribution in [1.82, 2.24) is 4.90 Å². The van der Waals surface area contributed by atoms with Gasteiger partial charge in [0.05, 0.1) is 10.7 Å². The zero-order valence-corrected chi connectivity index (χ0v) is 19.1. The number of nitrogens with zero attached hydrogens (tertiary/aromatic N) is 1. The van der Waals surface area contributed by atoms with E-state index in [2.05, 4.69) is 24.8 Å². The van der Waals surface area contributed by atoms with Crippen LogP contribution in [-0.2, 0) is 11.2 Å². The zero-order chi connectivity index (χ0) is 20.8. The fraction of sp³-hybridized carbons (Fsp3) is 0.720. The largest absolute Gasteiger partial charge is 0.398 e. The van der Waals surface area contributed by atoms with Gasteiger partial charge < -0.3 is 10.6 Å². The summed E-state index contributed by atoms with van der Waals surface area (Å²) in [6, 6.07) is 6.07. The van der Waals surface area contributed by atoms with Gasteiger partial charge in [-0.15, -0.1) is 0 Å². The third-order valence-corrected chi connectivity index (χ3v) is 7.38. The number of rotatable bonds is 8. The van der Waals surface area contributed by atoms with E-state index in [4.69, 9.17) is 17.3 Å². The Balaban J connectivity index is 1.62. The van der Waals surface area contributed by atoms with Gasteiger partial charge in [0, 0.05) is 19.5 Å². The molecule has 2 fully saturated rings. The Bertz CT molecular complexity index is 669. The molecule has 3 rings (SSSR count). The van der Waals surface area contributed by atoms with Gasteiger partial charge in [0.1, 0.15) is 0 Å². The second-order valence-corrected chi connectivity index (χ2v) is 10.3. The number of hydrogen-bond donors (Lipinski definition) is 1. The van der Waals surface area contributed by atoms with E-state index < -0.39 is 0 Å². The molecule has 2 aliphatic rings. The van der Waals surface area contributed by atoms with E-state index in [-0.39, 0.29) is 0 Å². The Morgan fingerprint density at radius 1 is 1.21 bits per heavy atom. The minimum atomic E-state index is 0.351. The van der Waals surface area contributed by atoms with Crippen LogP contribution in [-0.4, -0.2) is 23.9 Å². The summed E-state index contributed by atoms with van der Waals surface area (Å²) < 4.78 is 0. The standard InChI is InChI=1S/C25H39ClN2O/c1-18(2)14-25(29)28-13-12-22(17-28)21(15-19-6-4-3-5-7-19)10-8-20-9-11-24(27)23(26)16-20/h9,11,16,18-19,21-22H,3-8,10,12-15,17,27H2,1-2H3. The summed E-state index contributed by atoms with van der Waals surface area (Å²) in [7, 11) is 0. The van der Waals surface area contributed by atoms with Crippen molar-refractivity contribution in [3.63, 3.8) is 0 Å². The highest BCUT2D eigenvalue weighted by molar-refractivity contribution is 6.33. The van der Waals surface area contributed by atoms with Crippen molar-refractivity contribution in [3.8, 4) is 0 Å². The molecule has 1 amide bonds. The molecule has 1 heterocycles. The lowest BCUT2D eigenvalue weighted by Gasteiger charge is -2.30. The number of carbonyl (C=O) groups excluding carboxylic acids is 1. The van der Waals surface area contributed by atoms with Gasteiger partial charge in [0.2, 0.25) is 5.91 Å². The van der Waals surface area contributed by atoms with Crippen LogP contribution < -0.4 is 5.73 Å². The third-order valence-electron chi connectivity index (χ3n) is 7.06. The molecule has 29 heavy (non-hydrogen) atoms. The van der Waals surface area contributed by atoms with Crippen molar-refractivity contribution >= 4 is 23.2 Å². The second-order valence-electron chi connectivity index (χ2n) is 9.88. The van der Waals surface area contributed by atoms with E-state index in [0.29, 0.717) is 40.8 Å². The number of hydrogen-bond acceptors (Lipinski definition) is 2. The Kier molecular flexibility index (Phi) is 8.29. The summed E-state index contributed by atoms with van der Waals surface area (Å²) in [5, 5.41) is 0.664. The number of likely N-dealkylation sites (tertiary alicyclic amines) is 1. The number of aryl methyl sites for hydroxylation is 1. The number of benzene rings is 1. The van der Waals surface area contributed by atoms with Gasteiger partial charge >= 0.3 is 0 Å². The van der Waals surface area contributed by atoms with Crippen LogP contribution in [0.15, 0.2) is 18.2 Å². The topological polar surface area (TPSA) is 46.3 Å². The molecule has 1 aromatic carbocycles. The first-order chi connectivity index (χ1) is 13.9. The van der Waals surface area contributed by atoms with Gasteiger partial charge in [-0.25, -0.2) is 0 Å². The molecule has 2 atom stereocenters. The van der Waals surface area contributed by atoms with Crippen molar-refractivity contribution in [3.05, 3.63) is 28.8 Å². The number of halogens is 1. The van der Waals surface area contributed by atoms with E-state index in [1.165, 1.54) is 56.9 Å². The molecule has 0 radical (unpaired) electrons. The third kappa shape index (κ3) is 6.64. The highest BCUT2D eigenvalue weighted by Gasteiger charge is 2.33. The molecule has 0 spiro atoms. The maximum atomic E-state index is 12.6. The molecule has 3 nitrogen and oxygen atoms in total. The van der Waals surface area contributed by atoms with E-state index in [1.807, 2.05) is 12.1 Å². The van der Waals surface area contributed by atoms with Crippen LogP contribution in [0.3, 0.4) is 0 Å². The predicted octanol–water partition coefficient (Wildman–Crippen LogP) is 6.34. The molecule has 1 saturated heterocycles. The average molecular weight is 419 g/mol. The first kappa shape index (κ1) is 22.5. The van der Waals surface area contributed by atoms with Crippen molar-refractivity contribution in [2.75, 3.05) is 18.8 Å². The molecule has 162 valence electrons.